The van der Waals surface area contributed by atoms with Gasteiger partial charge in [-0.1, -0.05) is 91.0 Å². The average molecular weight is 320 g/mol. The van der Waals surface area contributed by atoms with E-state index < -0.39 is 7.92 Å². The minimum Gasteiger partial charge on any atom is -0.396 e. The Hall–Kier alpha value is -1.95. The summed E-state index contributed by atoms with van der Waals surface area (Å²) in [5.74, 6) is 0. The lowest BCUT2D eigenvalue weighted by molar-refractivity contribution is 0.287. The van der Waals surface area contributed by atoms with Gasteiger partial charge < -0.3 is 5.11 Å². The zero-order valence-electron chi connectivity index (χ0n) is 13.0. The molecular weight excluding hydrogens is 299 g/mol. The van der Waals surface area contributed by atoms with Crippen molar-refractivity contribution < 1.29 is 5.11 Å². The fourth-order valence-electron chi connectivity index (χ4n) is 2.93. The van der Waals surface area contributed by atoms with E-state index in [9.17, 15) is 5.11 Å². The summed E-state index contributed by atoms with van der Waals surface area (Å²) in [6.07, 6.45) is 0.777. The zero-order chi connectivity index (χ0) is 15.9. The lowest BCUT2D eigenvalue weighted by Crippen LogP contribution is -2.18. The van der Waals surface area contributed by atoms with Gasteiger partial charge in [-0.25, -0.2) is 0 Å². The van der Waals surface area contributed by atoms with E-state index in [1.807, 2.05) is 6.07 Å². The monoisotopic (exact) mass is 320 g/mol. The topological polar surface area (TPSA) is 20.2 Å². The average Bonchev–Trinajstić information content (AvgIpc) is 2.64. The summed E-state index contributed by atoms with van der Waals surface area (Å²) >= 11 is 0. The number of rotatable bonds is 6. The van der Waals surface area contributed by atoms with Crippen molar-refractivity contribution in [3.8, 4) is 0 Å². The van der Waals surface area contributed by atoms with Gasteiger partial charge in [0.1, 0.15) is 0 Å². The Morgan fingerprint density at radius 3 is 1.52 bits per heavy atom. The van der Waals surface area contributed by atoms with Crippen LogP contribution >= 0.6 is 7.92 Å². The second-order valence-electron chi connectivity index (χ2n) is 5.48. The molecule has 1 N–H and O–H groups in total. The van der Waals surface area contributed by atoms with Gasteiger partial charge in [0.2, 0.25) is 0 Å². The molecule has 0 aromatic heterocycles. The first-order valence-electron chi connectivity index (χ1n) is 7.95. The molecule has 0 heterocycles. The summed E-state index contributed by atoms with van der Waals surface area (Å²) in [5, 5.41) is 12.4. The Morgan fingerprint density at radius 1 is 0.652 bits per heavy atom. The van der Waals surface area contributed by atoms with Crippen LogP contribution in [-0.2, 0) is 0 Å². The fraction of sp³-hybridized carbons (Fsp3) is 0.143. The van der Waals surface area contributed by atoms with E-state index >= 15 is 0 Å². The van der Waals surface area contributed by atoms with Crippen molar-refractivity contribution in [3.05, 3.63) is 96.6 Å². The molecule has 0 saturated carbocycles. The lowest BCUT2D eigenvalue weighted by Gasteiger charge is -2.28. The van der Waals surface area contributed by atoms with Crippen LogP contribution < -0.4 is 10.6 Å². The van der Waals surface area contributed by atoms with Gasteiger partial charge in [-0.3, -0.25) is 0 Å². The zero-order valence-corrected chi connectivity index (χ0v) is 13.9. The van der Waals surface area contributed by atoms with Crippen LogP contribution in [0.15, 0.2) is 91.0 Å². The third kappa shape index (κ3) is 3.88. The van der Waals surface area contributed by atoms with Gasteiger partial charge in [-0.05, 0) is 30.5 Å². The number of aliphatic hydroxyl groups excluding tert-OH is 1. The first-order valence-corrected chi connectivity index (χ1v) is 9.36. The van der Waals surface area contributed by atoms with E-state index in [1.165, 1.54) is 16.2 Å². The highest BCUT2D eigenvalue weighted by Crippen LogP contribution is 2.51. The minimum atomic E-state index is -0.556. The molecule has 3 aromatic rings. The van der Waals surface area contributed by atoms with Crippen LogP contribution in [0.5, 0.6) is 0 Å². The van der Waals surface area contributed by atoms with Crippen molar-refractivity contribution in [2.45, 2.75) is 12.1 Å². The van der Waals surface area contributed by atoms with Crippen LogP contribution in [0.3, 0.4) is 0 Å². The maximum absolute atomic E-state index is 9.65. The molecule has 0 spiro atoms. The van der Waals surface area contributed by atoms with Gasteiger partial charge in [-0.15, -0.1) is 0 Å². The first-order chi connectivity index (χ1) is 11.4. The summed E-state index contributed by atoms with van der Waals surface area (Å²) in [4.78, 5) is 0. The smallest absolute Gasteiger partial charge is 0.0440 e. The van der Waals surface area contributed by atoms with Gasteiger partial charge >= 0.3 is 0 Å². The van der Waals surface area contributed by atoms with Crippen molar-refractivity contribution in [1.29, 1.82) is 0 Å². The van der Waals surface area contributed by atoms with E-state index in [-0.39, 0.29) is 6.61 Å². The summed E-state index contributed by atoms with van der Waals surface area (Å²) in [6, 6.07) is 32.0. The van der Waals surface area contributed by atoms with Gasteiger partial charge in [0.15, 0.2) is 0 Å². The van der Waals surface area contributed by atoms with Crippen molar-refractivity contribution in [2.24, 2.45) is 0 Å². The Bertz CT molecular complexity index is 658. The molecule has 0 amide bonds. The van der Waals surface area contributed by atoms with Gasteiger partial charge in [-0.2, -0.15) is 0 Å². The highest BCUT2D eigenvalue weighted by Gasteiger charge is 2.25. The molecule has 2 heteroatoms. The first kappa shape index (κ1) is 15.9. The molecule has 0 fully saturated rings. The molecule has 3 aromatic carbocycles. The second kappa shape index (κ2) is 8.06. The van der Waals surface area contributed by atoms with Gasteiger partial charge in [0.25, 0.3) is 0 Å². The Morgan fingerprint density at radius 2 is 1.09 bits per heavy atom. The van der Waals surface area contributed by atoms with E-state index in [0.29, 0.717) is 5.66 Å². The predicted octanol–water partition coefficient (Wildman–Crippen LogP) is 4.24. The molecule has 3 rings (SSSR count). The highest BCUT2D eigenvalue weighted by atomic mass is 31.1. The predicted molar refractivity (Wildman–Crippen MR) is 100.0 cm³/mol. The van der Waals surface area contributed by atoms with Crippen LogP contribution in [0, 0.1) is 0 Å². The van der Waals surface area contributed by atoms with Crippen LogP contribution in [0.25, 0.3) is 0 Å². The molecular formula is C21H21OP. The molecule has 0 saturated heterocycles. The molecule has 116 valence electrons. The van der Waals surface area contributed by atoms with E-state index in [0.717, 1.165) is 6.42 Å². The Labute approximate surface area is 139 Å². The van der Waals surface area contributed by atoms with Gasteiger partial charge in [0.05, 0.1) is 0 Å². The van der Waals surface area contributed by atoms with Crippen molar-refractivity contribution in [1.82, 2.24) is 0 Å². The third-order valence-electron chi connectivity index (χ3n) is 3.97. The molecule has 1 nitrogen and oxygen atoms in total. The SMILES string of the molecule is OCC[C@@H](c1ccccc1)P(c1ccccc1)c1ccccc1. The van der Waals surface area contributed by atoms with Crippen molar-refractivity contribution >= 4 is 18.5 Å². The second-order valence-corrected chi connectivity index (χ2v) is 7.88. The molecule has 0 aliphatic carbocycles. The largest absolute Gasteiger partial charge is 0.396 e. The Balaban J connectivity index is 2.09. The lowest BCUT2D eigenvalue weighted by atomic mass is 10.1. The van der Waals surface area contributed by atoms with Crippen LogP contribution in [-0.4, -0.2) is 11.7 Å². The van der Waals surface area contributed by atoms with E-state index in [4.69, 9.17) is 0 Å². The van der Waals surface area contributed by atoms with Crippen molar-refractivity contribution in [2.75, 3.05) is 6.61 Å². The molecule has 0 aliphatic heterocycles. The number of benzene rings is 3. The maximum atomic E-state index is 9.65. The van der Waals surface area contributed by atoms with Gasteiger partial charge in [0, 0.05) is 12.3 Å². The van der Waals surface area contributed by atoms with Crippen LogP contribution in [0.4, 0.5) is 0 Å². The molecule has 0 radical (unpaired) electrons. The molecule has 0 bridgehead atoms. The van der Waals surface area contributed by atoms with Crippen LogP contribution in [0.2, 0.25) is 0 Å². The molecule has 0 unspecified atom stereocenters. The van der Waals surface area contributed by atoms with E-state index in [2.05, 4.69) is 84.9 Å². The fourth-order valence-corrected chi connectivity index (χ4v) is 5.78. The summed E-state index contributed by atoms with van der Waals surface area (Å²) < 4.78 is 0. The minimum absolute atomic E-state index is 0.206. The van der Waals surface area contributed by atoms with Crippen molar-refractivity contribution in [3.63, 3.8) is 0 Å². The van der Waals surface area contributed by atoms with Crippen LogP contribution in [0.1, 0.15) is 17.6 Å². The quantitative estimate of drug-likeness (QED) is 0.674. The molecule has 23 heavy (non-hydrogen) atoms. The highest BCUT2D eigenvalue weighted by molar-refractivity contribution is 7.73. The number of aliphatic hydroxyl groups is 1. The number of hydrogen-bond donors (Lipinski definition) is 1. The Kier molecular flexibility index (Phi) is 5.58. The van der Waals surface area contributed by atoms with E-state index in [1.54, 1.807) is 0 Å². The normalized spacial score (nSPS) is 12.3. The number of hydrogen-bond acceptors (Lipinski definition) is 1. The third-order valence-corrected chi connectivity index (χ3v) is 6.86. The summed E-state index contributed by atoms with van der Waals surface area (Å²) in [7, 11) is -0.556. The standard InChI is InChI=1S/C21H21OP/c22-17-16-21(18-10-4-1-5-11-18)23(19-12-6-2-7-13-19)20-14-8-3-9-15-20/h1-15,21-22H,16-17H2/t21-/m0/s1. The molecule has 0 aliphatic rings. The summed E-state index contributed by atoms with van der Waals surface area (Å²) in [6.45, 7) is 0.206. The molecule has 1 atom stereocenters. The maximum Gasteiger partial charge on any atom is 0.0440 e. The summed E-state index contributed by atoms with van der Waals surface area (Å²) in [5.41, 5.74) is 1.63.